The average Bonchev–Trinajstić information content (AvgIpc) is 2.93. The third kappa shape index (κ3) is 2.73. The van der Waals surface area contributed by atoms with E-state index in [0.29, 0.717) is 22.1 Å². The predicted molar refractivity (Wildman–Crippen MR) is 78.6 cm³/mol. The van der Waals surface area contributed by atoms with E-state index in [-0.39, 0.29) is 0 Å². The summed E-state index contributed by atoms with van der Waals surface area (Å²) >= 11 is 5.29. The zero-order valence-electron chi connectivity index (χ0n) is 11.7. The highest BCUT2D eigenvalue weighted by atomic mass is 32.1. The molecule has 1 N–H and O–H groups in total. The molecule has 21 heavy (non-hydrogen) atoms. The van der Waals surface area contributed by atoms with Gasteiger partial charge in [0, 0.05) is 6.54 Å². The van der Waals surface area contributed by atoms with Crippen molar-refractivity contribution in [3.8, 4) is 0 Å². The van der Waals surface area contributed by atoms with Crippen molar-refractivity contribution in [3.63, 3.8) is 0 Å². The molecule has 1 fully saturated rings. The largest absolute Gasteiger partial charge is 0.416 e. The third-order valence-electron chi connectivity index (χ3n) is 4.56. The van der Waals surface area contributed by atoms with Crippen LogP contribution in [-0.4, -0.2) is 9.55 Å². The first-order chi connectivity index (χ1) is 9.86. The summed E-state index contributed by atoms with van der Waals surface area (Å²) in [6.07, 6.45) is -0.722. The van der Waals surface area contributed by atoms with Crippen LogP contribution in [0.5, 0.6) is 0 Å². The van der Waals surface area contributed by atoms with Crippen molar-refractivity contribution in [1.82, 2.24) is 9.55 Å². The summed E-state index contributed by atoms with van der Waals surface area (Å²) in [5.41, 5.74) is 0.570. The van der Waals surface area contributed by atoms with E-state index >= 15 is 0 Å². The van der Waals surface area contributed by atoms with Crippen molar-refractivity contribution in [2.45, 2.75) is 38.9 Å². The van der Waals surface area contributed by atoms with Crippen molar-refractivity contribution < 1.29 is 13.2 Å². The molecule has 2 aromatic rings. The topological polar surface area (TPSA) is 20.7 Å². The zero-order valence-corrected chi connectivity index (χ0v) is 12.5. The Hall–Kier alpha value is -1.30. The summed E-state index contributed by atoms with van der Waals surface area (Å²) in [7, 11) is 0. The van der Waals surface area contributed by atoms with Gasteiger partial charge in [0.15, 0.2) is 4.77 Å². The van der Waals surface area contributed by atoms with Crippen LogP contribution in [0.2, 0.25) is 0 Å². The molecule has 0 radical (unpaired) electrons. The molecular formula is C15H17F3N2S. The Kier molecular flexibility index (Phi) is 3.59. The standard InChI is InChI=1S/C15H17F3N2S/c1-9-3-2-4-10(9)8-20-13-6-5-11(15(16,17)18)7-12(13)19-14(20)21/h5-7,9-10H,2-4,8H2,1H3,(H,19,21). The molecule has 3 rings (SSSR count). The van der Waals surface area contributed by atoms with Crippen LogP contribution >= 0.6 is 12.2 Å². The number of H-pyrrole nitrogens is 1. The normalized spacial score (nSPS) is 23.0. The maximum atomic E-state index is 12.8. The number of fused-ring (bicyclic) bond motifs is 1. The molecule has 0 saturated heterocycles. The summed E-state index contributed by atoms with van der Waals surface area (Å²) in [4.78, 5) is 2.91. The van der Waals surface area contributed by atoms with E-state index in [2.05, 4.69) is 11.9 Å². The van der Waals surface area contributed by atoms with Gasteiger partial charge in [-0.2, -0.15) is 13.2 Å². The minimum atomic E-state index is -4.33. The minimum Gasteiger partial charge on any atom is -0.331 e. The lowest BCUT2D eigenvalue weighted by Crippen LogP contribution is -2.13. The number of hydrogen-bond acceptors (Lipinski definition) is 1. The van der Waals surface area contributed by atoms with Crippen LogP contribution in [0, 0.1) is 16.6 Å². The maximum absolute atomic E-state index is 12.8. The molecule has 1 saturated carbocycles. The second kappa shape index (κ2) is 5.16. The maximum Gasteiger partial charge on any atom is 0.416 e. The average molecular weight is 314 g/mol. The summed E-state index contributed by atoms with van der Waals surface area (Å²) in [6, 6.07) is 3.78. The molecule has 1 aliphatic rings. The van der Waals surface area contributed by atoms with Crippen LogP contribution in [0.3, 0.4) is 0 Å². The van der Waals surface area contributed by atoms with E-state index in [9.17, 15) is 13.2 Å². The molecule has 0 spiro atoms. The van der Waals surface area contributed by atoms with Crippen molar-refractivity contribution in [2.24, 2.45) is 11.8 Å². The second-order valence-corrected chi connectivity index (χ2v) is 6.33. The third-order valence-corrected chi connectivity index (χ3v) is 4.88. The molecule has 1 aromatic carbocycles. The number of hydrogen-bond donors (Lipinski definition) is 1. The Bertz CT molecular complexity index is 714. The molecule has 1 heterocycles. The van der Waals surface area contributed by atoms with Gasteiger partial charge in [-0.1, -0.05) is 19.8 Å². The van der Waals surface area contributed by atoms with Gasteiger partial charge >= 0.3 is 6.18 Å². The number of rotatable bonds is 2. The van der Waals surface area contributed by atoms with Gasteiger partial charge in [0.25, 0.3) is 0 Å². The van der Waals surface area contributed by atoms with Crippen LogP contribution in [0.15, 0.2) is 18.2 Å². The molecule has 0 aliphatic heterocycles. The SMILES string of the molecule is CC1CCCC1Cn1c(=S)[nH]c2cc(C(F)(F)F)ccc21. The van der Waals surface area contributed by atoms with Crippen molar-refractivity contribution >= 4 is 23.3 Å². The Morgan fingerprint density at radius 3 is 2.71 bits per heavy atom. The molecule has 6 heteroatoms. The Balaban J connectivity index is 2.00. The van der Waals surface area contributed by atoms with Crippen LogP contribution in [0.25, 0.3) is 11.0 Å². The first-order valence-electron chi connectivity index (χ1n) is 7.16. The van der Waals surface area contributed by atoms with Crippen molar-refractivity contribution in [2.75, 3.05) is 0 Å². The molecule has 2 unspecified atom stereocenters. The molecule has 0 bridgehead atoms. The number of aromatic amines is 1. The number of nitrogens with one attached hydrogen (secondary N) is 1. The number of imidazole rings is 1. The van der Waals surface area contributed by atoms with Gasteiger partial charge in [-0.25, -0.2) is 0 Å². The molecule has 2 nitrogen and oxygen atoms in total. The van der Waals surface area contributed by atoms with E-state index in [1.165, 1.54) is 18.9 Å². The fourth-order valence-electron chi connectivity index (χ4n) is 3.25. The number of halogens is 3. The van der Waals surface area contributed by atoms with Gasteiger partial charge in [0.2, 0.25) is 0 Å². The van der Waals surface area contributed by atoms with Crippen LogP contribution < -0.4 is 0 Å². The first kappa shape index (κ1) is 14.6. The van der Waals surface area contributed by atoms with Crippen LogP contribution in [-0.2, 0) is 12.7 Å². The van der Waals surface area contributed by atoms with E-state index in [1.807, 2.05) is 4.57 Å². The lowest BCUT2D eigenvalue weighted by Gasteiger charge is -2.16. The monoisotopic (exact) mass is 314 g/mol. The quantitative estimate of drug-likeness (QED) is 0.760. The number of benzene rings is 1. The fourth-order valence-corrected chi connectivity index (χ4v) is 3.53. The highest BCUT2D eigenvalue weighted by Crippen LogP contribution is 2.34. The number of alkyl halides is 3. The Labute approximate surface area is 126 Å². The van der Waals surface area contributed by atoms with Gasteiger partial charge in [0.1, 0.15) is 0 Å². The van der Waals surface area contributed by atoms with E-state index < -0.39 is 11.7 Å². The summed E-state index contributed by atoms with van der Waals surface area (Å²) in [5.74, 6) is 1.20. The second-order valence-electron chi connectivity index (χ2n) is 5.94. The van der Waals surface area contributed by atoms with Crippen LogP contribution in [0.4, 0.5) is 13.2 Å². The summed E-state index contributed by atoms with van der Waals surface area (Å²) in [6.45, 7) is 3.02. The lowest BCUT2D eigenvalue weighted by molar-refractivity contribution is -0.137. The Morgan fingerprint density at radius 2 is 2.10 bits per heavy atom. The van der Waals surface area contributed by atoms with Gasteiger partial charge in [-0.3, -0.25) is 0 Å². The van der Waals surface area contributed by atoms with E-state index in [4.69, 9.17) is 12.2 Å². The number of aromatic nitrogens is 2. The minimum absolute atomic E-state index is 0.459. The van der Waals surface area contributed by atoms with Crippen molar-refractivity contribution in [1.29, 1.82) is 0 Å². The lowest BCUT2D eigenvalue weighted by atomic mass is 9.98. The summed E-state index contributed by atoms with van der Waals surface area (Å²) < 4.78 is 40.7. The van der Waals surface area contributed by atoms with Gasteiger partial charge in [0.05, 0.1) is 16.6 Å². The predicted octanol–water partition coefficient (Wildman–Crippen LogP) is 5.15. The molecule has 1 aromatic heterocycles. The van der Waals surface area contributed by atoms with Gasteiger partial charge in [-0.05, 0) is 48.7 Å². The van der Waals surface area contributed by atoms with Crippen LogP contribution in [0.1, 0.15) is 31.7 Å². The summed E-state index contributed by atoms with van der Waals surface area (Å²) in [5, 5.41) is 0. The Morgan fingerprint density at radius 1 is 1.33 bits per heavy atom. The molecule has 1 aliphatic carbocycles. The van der Waals surface area contributed by atoms with Gasteiger partial charge in [-0.15, -0.1) is 0 Å². The molecule has 114 valence electrons. The first-order valence-corrected chi connectivity index (χ1v) is 7.57. The van der Waals surface area contributed by atoms with Crippen molar-refractivity contribution in [3.05, 3.63) is 28.5 Å². The molecule has 0 amide bonds. The number of nitrogens with zero attached hydrogens (tertiary/aromatic N) is 1. The fraction of sp³-hybridized carbons (Fsp3) is 0.533. The molecular weight excluding hydrogens is 297 g/mol. The zero-order chi connectivity index (χ0) is 15.2. The smallest absolute Gasteiger partial charge is 0.331 e. The highest BCUT2D eigenvalue weighted by Gasteiger charge is 2.31. The van der Waals surface area contributed by atoms with E-state index in [1.54, 1.807) is 0 Å². The van der Waals surface area contributed by atoms with Gasteiger partial charge < -0.3 is 9.55 Å². The van der Waals surface area contributed by atoms with E-state index in [0.717, 1.165) is 30.6 Å². The molecule has 2 atom stereocenters. The highest BCUT2D eigenvalue weighted by molar-refractivity contribution is 7.71.